The zero-order valence-corrected chi connectivity index (χ0v) is 18.2. The zero-order valence-electron chi connectivity index (χ0n) is 17.4. The second-order valence-electron chi connectivity index (χ2n) is 8.54. The van der Waals surface area contributed by atoms with Crippen LogP contribution in [0.3, 0.4) is 0 Å². The topological polar surface area (TPSA) is 98.6 Å². The molecule has 0 saturated carbocycles. The normalized spacial score (nSPS) is 23.8. The highest BCUT2D eigenvalue weighted by molar-refractivity contribution is 7.10. The van der Waals surface area contributed by atoms with E-state index in [1.54, 1.807) is 11.3 Å². The highest BCUT2D eigenvalue weighted by Gasteiger charge is 2.44. The van der Waals surface area contributed by atoms with Gasteiger partial charge in [0.15, 0.2) is 0 Å². The first-order chi connectivity index (χ1) is 15.1. The lowest BCUT2D eigenvalue weighted by molar-refractivity contribution is -0.132. The Morgan fingerprint density at radius 3 is 2.97 bits per heavy atom. The van der Waals surface area contributed by atoms with Crippen LogP contribution in [0.1, 0.15) is 35.5 Å². The van der Waals surface area contributed by atoms with Crippen molar-refractivity contribution in [3.8, 4) is 0 Å². The van der Waals surface area contributed by atoms with Gasteiger partial charge < -0.3 is 19.7 Å². The summed E-state index contributed by atoms with van der Waals surface area (Å²) in [6.45, 7) is 3.88. The molecule has 3 aliphatic rings. The first kappa shape index (κ1) is 20.6. The van der Waals surface area contributed by atoms with Gasteiger partial charge in [0.05, 0.1) is 38.4 Å². The molecule has 0 bridgehead atoms. The maximum Gasteiger partial charge on any atom is 0.227 e. The number of fused-ring (bicyclic) bond motifs is 1. The predicted octanol–water partition coefficient (Wildman–Crippen LogP) is 1.13. The molecular weight excluding hydrogens is 418 g/mol. The third-order valence-corrected chi connectivity index (χ3v) is 7.34. The molecule has 0 radical (unpaired) electrons. The van der Waals surface area contributed by atoms with Crippen LogP contribution in [0.4, 0.5) is 0 Å². The molecule has 2 aromatic heterocycles. The minimum Gasteiger partial charge on any atom is -0.381 e. The highest BCUT2D eigenvalue weighted by Crippen LogP contribution is 2.33. The summed E-state index contributed by atoms with van der Waals surface area (Å²) in [6, 6.07) is 3.97. The third-order valence-electron chi connectivity index (χ3n) is 6.47. The van der Waals surface area contributed by atoms with Crippen molar-refractivity contribution in [2.45, 2.75) is 51.0 Å². The summed E-state index contributed by atoms with van der Waals surface area (Å²) in [4.78, 5) is 28.0. The van der Waals surface area contributed by atoms with Gasteiger partial charge in [-0.15, -0.1) is 16.4 Å². The molecule has 1 spiro atoms. The number of hydrogen-bond acceptors (Lipinski definition) is 7. The van der Waals surface area contributed by atoms with Crippen LogP contribution in [-0.2, 0) is 45.2 Å². The standard InChI is InChI=1S/C21H27N5O4S/c27-19(10-16-2-1-9-31-16)25-6-5-21(13-25)14-26-18(12-30-21)17(23-24-26)11-22-20(28)15-3-7-29-8-4-15/h1-2,9,15H,3-8,10-14H2,(H,22,28). The van der Waals surface area contributed by atoms with E-state index in [4.69, 9.17) is 9.47 Å². The fraction of sp³-hybridized carbons (Fsp3) is 0.619. The Labute approximate surface area is 184 Å². The maximum absolute atomic E-state index is 12.7. The van der Waals surface area contributed by atoms with E-state index in [2.05, 4.69) is 15.6 Å². The maximum atomic E-state index is 12.7. The van der Waals surface area contributed by atoms with Crippen LogP contribution in [0.5, 0.6) is 0 Å². The van der Waals surface area contributed by atoms with Gasteiger partial charge in [0.2, 0.25) is 11.8 Å². The number of hydrogen-bond donors (Lipinski definition) is 1. The summed E-state index contributed by atoms with van der Waals surface area (Å²) in [7, 11) is 0. The van der Waals surface area contributed by atoms with Crippen LogP contribution in [-0.4, -0.2) is 63.6 Å². The van der Waals surface area contributed by atoms with E-state index in [1.165, 1.54) is 0 Å². The van der Waals surface area contributed by atoms with Gasteiger partial charge in [0.25, 0.3) is 0 Å². The van der Waals surface area contributed by atoms with Crippen molar-refractivity contribution in [2.75, 3.05) is 26.3 Å². The molecule has 2 amide bonds. The Hall–Kier alpha value is -2.30. The lowest BCUT2D eigenvalue weighted by atomic mass is 9.99. The minimum atomic E-state index is -0.408. The van der Waals surface area contributed by atoms with Crippen molar-refractivity contribution >= 4 is 23.2 Å². The Bertz CT molecular complexity index is 940. The average Bonchev–Trinajstić information content (AvgIpc) is 3.53. The van der Waals surface area contributed by atoms with Gasteiger partial charge in [-0.1, -0.05) is 11.3 Å². The number of carbonyl (C=O) groups is 2. The molecule has 1 atom stereocenters. The predicted molar refractivity (Wildman–Crippen MR) is 112 cm³/mol. The molecular formula is C21H27N5O4S. The molecule has 3 aliphatic heterocycles. The van der Waals surface area contributed by atoms with Crippen LogP contribution in [0.15, 0.2) is 17.5 Å². The number of amides is 2. The van der Waals surface area contributed by atoms with E-state index >= 15 is 0 Å². The van der Waals surface area contributed by atoms with Gasteiger partial charge in [-0.05, 0) is 30.7 Å². The summed E-state index contributed by atoms with van der Waals surface area (Å²) in [6.07, 6.45) is 2.76. The first-order valence-corrected chi connectivity index (χ1v) is 11.7. The number of nitrogens with zero attached hydrogens (tertiary/aromatic N) is 4. The van der Waals surface area contributed by atoms with Crippen molar-refractivity contribution in [3.05, 3.63) is 33.8 Å². The molecule has 2 fully saturated rings. The molecule has 5 heterocycles. The van der Waals surface area contributed by atoms with Crippen molar-refractivity contribution in [1.29, 1.82) is 0 Å². The van der Waals surface area contributed by atoms with Gasteiger partial charge in [-0.25, -0.2) is 4.68 Å². The number of ether oxygens (including phenoxy) is 2. The van der Waals surface area contributed by atoms with E-state index in [9.17, 15) is 9.59 Å². The van der Waals surface area contributed by atoms with Gasteiger partial charge in [-0.2, -0.15) is 0 Å². The van der Waals surface area contributed by atoms with Crippen LogP contribution in [0, 0.1) is 5.92 Å². The SMILES string of the molecule is O=C(NCc1nnn2c1COC1(CCN(C(=O)Cc3cccs3)C1)C2)C1CCOCC1. The summed E-state index contributed by atoms with van der Waals surface area (Å²) >= 11 is 1.61. The Kier molecular flexibility index (Phi) is 5.77. The van der Waals surface area contributed by atoms with E-state index in [-0.39, 0.29) is 17.7 Å². The summed E-state index contributed by atoms with van der Waals surface area (Å²) < 4.78 is 13.5. The van der Waals surface area contributed by atoms with Crippen LogP contribution in [0.25, 0.3) is 0 Å². The Morgan fingerprint density at radius 1 is 1.29 bits per heavy atom. The zero-order chi connectivity index (χ0) is 21.3. The van der Waals surface area contributed by atoms with Gasteiger partial charge in [-0.3, -0.25) is 9.59 Å². The van der Waals surface area contributed by atoms with Crippen molar-refractivity contribution in [3.63, 3.8) is 0 Å². The number of thiophene rings is 1. The smallest absolute Gasteiger partial charge is 0.227 e. The molecule has 2 aromatic rings. The second kappa shape index (κ2) is 8.68. The van der Waals surface area contributed by atoms with E-state index in [1.807, 2.05) is 27.1 Å². The third kappa shape index (κ3) is 4.37. The Morgan fingerprint density at radius 2 is 2.16 bits per heavy atom. The largest absolute Gasteiger partial charge is 0.381 e. The lowest BCUT2D eigenvalue weighted by Crippen LogP contribution is -2.45. The molecule has 2 saturated heterocycles. The first-order valence-electron chi connectivity index (χ1n) is 10.8. The van der Waals surface area contributed by atoms with Crippen LogP contribution < -0.4 is 5.32 Å². The van der Waals surface area contributed by atoms with E-state index < -0.39 is 5.60 Å². The number of aromatic nitrogens is 3. The number of nitrogens with one attached hydrogen (secondary N) is 1. The molecule has 1 unspecified atom stereocenters. The fourth-order valence-electron chi connectivity index (χ4n) is 4.58. The van der Waals surface area contributed by atoms with Gasteiger partial charge in [0, 0.05) is 30.6 Å². The van der Waals surface area contributed by atoms with Gasteiger partial charge in [0.1, 0.15) is 11.3 Å². The minimum absolute atomic E-state index is 0.0101. The quantitative estimate of drug-likeness (QED) is 0.741. The van der Waals surface area contributed by atoms with Crippen molar-refractivity contribution in [1.82, 2.24) is 25.2 Å². The number of carbonyl (C=O) groups excluding carboxylic acids is 2. The summed E-state index contributed by atoms with van der Waals surface area (Å²) in [5.74, 6) is 0.202. The van der Waals surface area contributed by atoms with E-state index in [0.29, 0.717) is 52.4 Å². The number of rotatable bonds is 5. The molecule has 10 heteroatoms. The monoisotopic (exact) mass is 445 g/mol. The van der Waals surface area contributed by atoms with Crippen molar-refractivity contribution in [2.24, 2.45) is 5.92 Å². The van der Waals surface area contributed by atoms with Gasteiger partial charge >= 0.3 is 0 Å². The second-order valence-corrected chi connectivity index (χ2v) is 9.57. The van der Waals surface area contributed by atoms with E-state index in [0.717, 1.165) is 35.5 Å². The molecule has 1 N–H and O–H groups in total. The molecule has 166 valence electrons. The number of likely N-dealkylation sites (tertiary alicyclic amines) is 1. The molecule has 0 aromatic carbocycles. The lowest BCUT2D eigenvalue weighted by Gasteiger charge is -2.34. The molecule has 5 rings (SSSR count). The van der Waals surface area contributed by atoms with Crippen LogP contribution in [0.2, 0.25) is 0 Å². The summed E-state index contributed by atoms with van der Waals surface area (Å²) in [5.41, 5.74) is 1.24. The average molecular weight is 446 g/mol. The molecule has 31 heavy (non-hydrogen) atoms. The molecule has 9 nitrogen and oxygen atoms in total. The Balaban J connectivity index is 1.17. The molecule has 0 aliphatic carbocycles. The van der Waals surface area contributed by atoms with Crippen molar-refractivity contribution < 1.29 is 19.1 Å². The highest BCUT2D eigenvalue weighted by atomic mass is 32.1. The van der Waals surface area contributed by atoms with Crippen LogP contribution >= 0.6 is 11.3 Å². The summed E-state index contributed by atoms with van der Waals surface area (Å²) in [5, 5.41) is 13.6. The fourth-order valence-corrected chi connectivity index (χ4v) is 5.28.